The number of urea groups is 1. The lowest BCUT2D eigenvalue weighted by atomic mass is 9.85. The molecule has 1 fully saturated rings. The van der Waals surface area contributed by atoms with Crippen LogP contribution >= 0.6 is 0 Å². The Morgan fingerprint density at radius 1 is 1.29 bits per heavy atom. The number of hydrogen-bond donors (Lipinski definition) is 3. The van der Waals surface area contributed by atoms with Gasteiger partial charge in [0.05, 0.1) is 12.0 Å². The first-order valence-electron chi connectivity index (χ1n) is 7.40. The Morgan fingerprint density at radius 2 is 1.90 bits per heavy atom. The molecule has 1 rings (SSSR count). The second-order valence-electron chi connectivity index (χ2n) is 5.56. The number of carboxylic acids is 1. The highest BCUT2D eigenvalue weighted by atomic mass is 16.4. The molecule has 3 amide bonds. The fourth-order valence-corrected chi connectivity index (χ4v) is 2.71. The number of nitrogens with zero attached hydrogens (tertiary/aromatic N) is 1. The maximum atomic E-state index is 11.8. The predicted molar refractivity (Wildman–Crippen MR) is 77.8 cm³/mol. The Bertz CT molecular complexity index is 409. The van der Waals surface area contributed by atoms with Crippen LogP contribution in [0.3, 0.4) is 0 Å². The van der Waals surface area contributed by atoms with Crippen molar-refractivity contribution in [3.63, 3.8) is 0 Å². The molecule has 0 saturated heterocycles. The number of amides is 3. The molecule has 0 aromatic rings. The summed E-state index contributed by atoms with van der Waals surface area (Å²) in [5.74, 6) is -1.05. The largest absolute Gasteiger partial charge is 0.481 e. The number of aliphatic carboxylic acids is 1. The lowest BCUT2D eigenvalue weighted by Crippen LogP contribution is -2.51. The summed E-state index contributed by atoms with van der Waals surface area (Å²) in [4.78, 5) is 36.5. The van der Waals surface area contributed by atoms with E-state index in [1.807, 2.05) is 13.8 Å². The van der Waals surface area contributed by atoms with Gasteiger partial charge in [0.2, 0.25) is 5.91 Å². The van der Waals surface area contributed by atoms with Gasteiger partial charge in [-0.2, -0.15) is 0 Å². The first kappa shape index (κ1) is 17.3. The summed E-state index contributed by atoms with van der Waals surface area (Å²) >= 11 is 0. The van der Waals surface area contributed by atoms with Crippen LogP contribution in [0.25, 0.3) is 0 Å². The Hall–Kier alpha value is -1.79. The third-order valence-electron chi connectivity index (χ3n) is 4.27. The molecule has 0 aliphatic heterocycles. The molecule has 0 radical (unpaired) electrons. The average Bonchev–Trinajstić information content (AvgIpc) is 2.80. The molecule has 1 aliphatic carbocycles. The van der Waals surface area contributed by atoms with Crippen LogP contribution in [0.4, 0.5) is 4.79 Å². The molecule has 0 bridgehead atoms. The lowest BCUT2D eigenvalue weighted by Gasteiger charge is -2.27. The predicted octanol–water partition coefficient (Wildman–Crippen LogP) is 0.797. The topological polar surface area (TPSA) is 98.7 Å². The maximum absolute atomic E-state index is 11.8. The number of carboxylic acid groups (broad SMARTS) is 1. The van der Waals surface area contributed by atoms with E-state index in [1.54, 1.807) is 11.8 Å². The monoisotopic (exact) mass is 299 g/mol. The second kappa shape index (κ2) is 7.28. The lowest BCUT2D eigenvalue weighted by molar-refractivity contribution is -0.148. The van der Waals surface area contributed by atoms with Crippen molar-refractivity contribution in [1.82, 2.24) is 15.5 Å². The zero-order chi connectivity index (χ0) is 16.0. The molecule has 0 aromatic carbocycles. The standard InChI is InChI=1S/C14H25N3O4/c1-4-17(5-2)11(18)9-15-13(21)16-10-7-6-8-14(10,3)12(19)20/h10H,4-9H2,1-3H3,(H,19,20)(H2,15,16,21). The number of rotatable bonds is 6. The SMILES string of the molecule is CCN(CC)C(=O)CNC(=O)NC1CCCC1(C)C(=O)O. The van der Waals surface area contributed by atoms with Gasteiger partial charge in [-0.05, 0) is 33.6 Å². The highest BCUT2D eigenvalue weighted by Crippen LogP contribution is 2.38. The van der Waals surface area contributed by atoms with Gasteiger partial charge in [-0.15, -0.1) is 0 Å². The van der Waals surface area contributed by atoms with Gasteiger partial charge in [0.15, 0.2) is 0 Å². The normalized spacial score (nSPS) is 24.4. The number of carbonyl (C=O) groups is 3. The van der Waals surface area contributed by atoms with E-state index in [0.717, 1.165) is 6.42 Å². The van der Waals surface area contributed by atoms with Gasteiger partial charge in [-0.1, -0.05) is 6.42 Å². The highest BCUT2D eigenvalue weighted by molar-refractivity contribution is 5.84. The van der Waals surface area contributed by atoms with Crippen molar-refractivity contribution in [2.45, 2.75) is 46.1 Å². The van der Waals surface area contributed by atoms with Crippen molar-refractivity contribution >= 4 is 17.9 Å². The number of hydrogen-bond acceptors (Lipinski definition) is 3. The van der Waals surface area contributed by atoms with Crippen molar-refractivity contribution in [3.8, 4) is 0 Å². The summed E-state index contributed by atoms with van der Waals surface area (Å²) in [6, 6.07) is -0.895. The van der Waals surface area contributed by atoms with Gasteiger partial charge in [0.1, 0.15) is 0 Å². The zero-order valence-corrected chi connectivity index (χ0v) is 12.9. The van der Waals surface area contributed by atoms with Gasteiger partial charge in [0, 0.05) is 19.1 Å². The number of nitrogens with one attached hydrogen (secondary N) is 2. The number of carbonyl (C=O) groups excluding carboxylic acids is 2. The van der Waals surface area contributed by atoms with Crippen LogP contribution in [-0.2, 0) is 9.59 Å². The van der Waals surface area contributed by atoms with Crippen LogP contribution in [0.15, 0.2) is 0 Å². The smallest absolute Gasteiger partial charge is 0.315 e. The summed E-state index contributed by atoms with van der Waals surface area (Å²) in [6.45, 7) is 6.51. The summed E-state index contributed by atoms with van der Waals surface area (Å²) in [5, 5.41) is 14.5. The fourth-order valence-electron chi connectivity index (χ4n) is 2.71. The van der Waals surface area contributed by atoms with E-state index >= 15 is 0 Å². The van der Waals surface area contributed by atoms with Gasteiger partial charge in [-0.25, -0.2) is 4.79 Å². The summed E-state index contributed by atoms with van der Waals surface area (Å²) in [6.07, 6.45) is 1.96. The van der Waals surface area contributed by atoms with Crippen molar-refractivity contribution < 1.29 is 19.5 Å². The van der Waals surface area contributed by atoms with Crippen LogP contribution in [0.2, 0.25) is 0 Å². The summed E-state index contributed by atoms with van der Waals surface area (Å²) in [7, 11) is 0. The molecule has 0 aromatic heterocycles. The average molecular weight is 299 g/mol. The van der Waals surface area contributed by atoms with E-state index in [2.05, 4.69) is 10.6 Å². The maximum Gasteiger partial charge on any atom is 0.315 e. The second-order valence-corrected chi connectivity index (χ2v) is 5.56. The molecule has 2 unspecified atom stereocenters. The molecule has 1 aliphatic rings. The molecule has 2 atom stereocenters. The van der Waals surface area contributed by atoms with Gasteiger partial charge in [0.25, 0.3) is 0 Å². The van der Waals surface area contributed by atoms with Crippen molar-refractivity contribution in [2.24, 2.45) is 5.41 Å². The molecular weight excluding hydrogens is 274 g/mol. The molecule has 21 heavy (non-hydrogen) atoms. The third kappa shape index (κ3) is 4.09. The Morgan fingerprint density at radius 3 is 2.43 bits per heavy atom. The first-order chi connectivity index (χ1) is 9.85. The fraction of sp³-hybridized carbons (Fsp3) is 0.786. The first-order valence-corrected chi connectivity index (χ1v) is 7.40. The van der Waals surface area contributed by atoms with Crippen LogP contribution < -0.4 is 10.6 Å². The molecule has 7 nitrogen and oxygen atoms in total. The summed E-state index contributed by atoms with van der Waals surface area (Å²) in [5.41, 5.74) is -0.930. The zero-order valence-electron chi connectivity index (χ0n) is 12.9. The van der Waals surface area contributed by atoms with E-state index < -0.39 is 23.5 Å². The Balaban J connectivity index is 2.47. The molecule has 0 spiro atoms. The van der Waals surface area contributed by atoms with Crippen LogP contribution in [-0.4, -0.2) is 53.6 Å². The minimum atomic E-state index is -0.930. The molecule has 120 valence electrons. The quantitative estimate of drug-likeness (QED) is 0.675. The highest BCUT2D eigenvalue weighted by Gasteiger charge is 2.45. The van der Waals surface area contributed by atoms with E-state index in [4.69, 9.17) is 0 Å². The van der Waals surface area contributed by atoms with Gasteiger partial charge in [-0.3, -0.25) is 9.59 Å². The van der Waals surface area contributed by atoms with Gasteiger partial charge >= 0.3 is 12.0 Å². The Labute approximate surface area is 125 Å². The van der Waals surface area contributed by atoms with Crippen molar-refractivity contribution in [3.05, 3.63) is 0 Å². The molecule has 0 heterocycles. The molecule has 7 heteroatoms. The van der Waals surface area contributed by atoms with Crippen LogP contribution in [0, 0.1) is 5.41 Å². The minimum absolute atomic E-state index is 0.0793. The van der Waals surface area contributed by atoms with E-state index in [0.29, 0.717) is 25.9 Å². The molecular formula is C14H25N3O4. The molecule has 3 N–H and O–H groups in total. The van der Waals surface area contributed by atoms with Crippen LogP contribution in [0.5, 0.6) is 0 Å². The summed E-state index contributed by atoms with van der Waals surface area (Å²) < 4.78 is 0. The van der Waals surface area contributed by atoms with Crippen molar-refractivity contribution in [1.29, 1.82) is 0 Å². The van der Waals surface area contributed by atoms with E-state index in [9.17, 15) is 19.5 Å². The van der Waals surface area contributed by atoms with E-state index in [1.165, 1.54) is 0 Å². The Kier molecular flexibility index (Phi) is 5.99. The minimum Gasteiger partial charge on any atom is -0.481 e. The number of likely N-dealkylation sites (N-methyl/N-ethyl adjacent to an activating group) is 1. The van der Waals surface area contributed by atoms with Crippen LogP contribution in [0.1, 0.15) is 40.0 Å². The van der Waals surface area contributed by atoms with Gasteiger partial charge < -0.3 is 20.6 Å². The third-order valence-corrected chi connectivity index (χ3v) is 4.27. The van der Waals surface area contributed by atoms with Crippen molar-refractivity contribution in [2.75, 3.05) is 19.6 Å². The van der Waals surface area contributed by atoms with E-state index in [-0.39, 0.29) is 12.5 Å². The molecule has 1 saturated carbocycles.